The molecule has 2 aliphatic carbocycles. The minimum absolute atomic E-state index is 0.0556. The topological polar surface area (TPSA) is 154 Å². The minimum Gasteiger partial charge on any atom is -0.383 e. The number of carbonyl (C=O) groups is 1. The highest BCUT2D eigenvalue weighted by Crippen LogP contribution is 2.57. The smallest absolute Gasteiger partial charge is 0.383 e. The number of nitro groups is 1. The van der Waals surface area contributed by atoms with E-state index in [0.717, 1.165) is 0 Å². The number of fused-ring (bicyclic) bond motifs is 1. The maximum atomic E-state index is 13.5. The zero-order valence-electron chi connectivity index (χ0n) is 21.2. The van der Waals surface area contributed by atoms with E-state index in [2.05, 4.69) is 15.5 Å². The number of aliphatic hydroxyl groups is 1. The van der Waals surface area contributed by atoms with E-state index in [1.54, 1.807) is 11.7 Å². The van der Waals surface area contributed by atoms with E-state index in [1.165, 1.54) is 28.9 Å². The van der Waals surface area contributed by atoms with Gasteiger partial charge in [0.05, 0.1) is 33.6 Å². The molecule has 2 heterocycles. The molecule has 1 amide bonds. The van der Waals surface area contributed by atoms with Crippen LogP contribution in [0.3, 0.4) is 0 Å². The molecule has 2 atom stereocenters. The maximum absolute atomic E-state index is 13.5. The van der Waals surface area contributed by atoms with Crippen LogP contribution >= 0.6 is 11.6 Å². The van der Waals surface area contributed by atoms with Crippen molar-refractivity contribution >= 4 is 34.8 Å². The van der Waals surface area contributed by atoms with Crippen LogP contribution in [0.5, 0.6) is 0 Å². The monoisotopic (exact) mass is 545 g/mol. The molecule has 0 bridgehead atoms. The Balaban J connectivity index is 1.37. The van der Waals surface area contributed by atoms with Gasteiger partial charge in [0.15, 0.2) is 0 Å². The zero-order chi connectivity index (χ0) is 27.5. The van der Waals surface area contributed by atoms with Gasteiger partial charge in [0, 0.05) is 18.7 Å². The fourth-order valence-electron chi connectivity index (χ4n) is 6.15. The van der Waals surface area contributed by atoms with Crippen LogP contribution < -0.4 is 11.1 Å². The van der Waals surface area contributed by atoms with Crippen LogP contribution in [0.25, 0.3) is 0 Å². The highest BCUT2D eigenvalue weighted by molar-refractivity contribution is 6.31. The van der Waals surface area contributed by atoms with E-state index in [1.807, 2.05) is 13.8 Å². The number of carbonyl (C=O) groups excluding carboxylic acids is 1. The first-order chi connectivity index (χ1) is 17.9. The third kappa shape index (κ3) is 4.41. The van der Waals surface area contributed by atoms with Gasteiger partial charge in [-0.05, 0) is 74.5 Å². The number of halogens is 2. The van der Waals surface area contributed by atoms with Crippen LogP contribution in [0, 0.1) is 27.8 Å². The number of anilines is 2. The van der Waals surface area contributed by atoms with Crippen molar-refractivity contribution in [3.8, 4) is 0 Å². The SMILES string of the molecule is CC(C)n1nc([N+](=O)[O-])cc1C1(O)CC2CC(c3nn(C)c(N)c3C(=O)Nc3ccc(F)c(Cl)c3)CC2C1. The Labute approximate surface area is 222 Å². The first-order valence-electron chi connectivity index (χ1n) is 12.4. The second kappa shape index (κ2) is 9.35. The van der Waals surface area contributed by atoms with Gasteiger partial charge in [0.1, 0.15) is 22.8 Å². The first-order valence-corrected chi connectivity index (χ1v) is 12.8. The van der Waals surface area contributed by atoms with Crippen molar-refractivity contribution in [1.82, 2.24) is 19.6 Å². The molecular formula is C25H29ClFN7O4. The summed E-state index contributed by atoms with van der Waals surface area (Å²) in [7, 11) is 1.67. The standard InChI is InChI=1S/C25H29ClFN7O4/c1-12(2)33-19(9-20(30-33)34(37)38)25(36)10-14-6-13(7-15(14)11-25)22-21(23(28)32(3)31-22)24(35)29-16-4-5-18(27)17(26)8-16/h4-5,8-9,12-15,36H,6-7,10-11,28H2,1-3H3,(H,29,35). The number of hydrogen-bond donors (Lipinski definition) is 3. The average molecular weight is 546 g/mol. The number of nitrogens with two attached hydrogens (primary N) is 1. The van der Waals surface area contributed by atoms with Crippen molar-refractivity contribution in [2.75, 3.05) is 11.1 Å². The third-order valence-electron chi connectivity index (χ3n) is 7.83. The average Bonchev–Trinajstić information content (AvgIpc) is 3.58. The highest BCUT2D eigenvalue weighted by Gasteiger charge is 2.53. The molecule has 2 aromatic heterocycles. The molecule has 4 N–H and O–H groups in total. The van der Waals surface area contributed by atoms with Crippen molar-refractivity contribution in [3.05, 3.63) is 62.2 Å². The van der Waals surface area contributed by atoms with E-state index in [-0.39, 0.29) is 46.0 Å². The molecule has 202 valence electrons. The van der Waals surface area contributed by atoms with Crippen molar-refractivity contribution in [1.29, 1.82) is 0 Å². The van der Waals surface area contributed by atoms with Crippen LogP contribution in [0.15, 0.2) is 24.3 Å². The molecular weight excluding hydrogens is 517 g/mol. The Hall–Kier alpha value is -3.51. The Bertz CT molecular complexity index is 1420. The summed E-state index contributed by atoms with van der Waals surface area (Å²) >= 11 is 5.85. The van der Waals surface area contributed by atoms with E-state index in [4.69, 9.17) is 17.3 Å². The summed E-state index contributed by atoms with van der Waals surface area (Å²) < 4.78 is 16.5. The quantitative estimate of drug-likeness (QED) is 0.304. The van der Waals surface area contributed by atoms with Gasteiger partial charge >= 0.3 is 5.82 Å². The highest BCUT2D eigenvalue weighted by atomic mass is 35.5. The number of hydrogen-bond acceptors (Lipinski definition) is 7. The summed E-state index contributed by atoms with van der Waals surface area (Å²) in [5, 5.41) is 34.2. The van der Waals surface area contributed by atoms with Crippen LogP contribution in [0.4, 0.5) is 21.7 Å². The van der Waals surface area contributed by atoms with Crippen LogP contribution in [0.2, 0.25) is 5.02 Å². The summed E-state index contributed by atoms with van der Waals surface area (Å²) in [5.74, 6) is -0.902. The first kappa shape index (κ1) is 26.1. The lowest BCUT2D eigenvalue weighted by atomic mass is 9.89. The molecule has 0 spiro atoms. The number of nitrogens with one attached hydrogen (secondary N) is 1. The summed E-state index contributed by atoms with van der Waals surface area (Å²) in [6.45, 7) is 3.74. The number of rotatable bonds is 6. The van der Waals surface area contributed by atoms with E-state index in [9.17, 15) is 24.4 Å². The number of nitrogens with zero attached hydrogens (tertiary/aromatic N) is 5. The van der Waals surface area contributed by atoms with Crippen LogP contribution in [0.1, 0.15) is 73.2 Å². The van der Waals surface area contributed by atoms with Crippen molar-refractivity contribution < 1.29 is 19.2 Å². The molecule has 38 heavy (non-hydrogen) atoms. The molecule has 2 saturated carbocycles. The third-order valence-corrected chi connectivity index (χ3v) is 8.12. The summed E-state index contributed by atoms with van der Waals surface area (Å²) in [6.07, 6.45) is 2.23. The van der Waals surface area contributed by atoms with E-state index in [0.29, 0.717) is 42.8 Å². The number of benzene rings is 1. The molecule has 2 fully saturated rings. The number of aryl methyl sites for hydroxylation is 1. The molecule has 2 unspecified atom stereocenters. The number of aromatic nitrogens is 4. The Morgan fingerprint density at radius 3 is 2.53 bits per heavy atom. The lowest BCUT2D eigenvalue weighted by Crippen LogP contribution is -2.28. The second-order valence-electron chi connectivity index (χ2n) is 10.7. The van der Waals surface area contributed by atoms with E-state index >= 15 is 0 Å². The molecule has 11 nitrogen and oxygen atoms in total. The minimum atomic E-state index is -1.23. The second-order valence-corrected chi connectivity index (χ2v) is 11.1. The van der Waals surface area contributed by atoms with Gasteiger partial charge in [-0.2, -0.15) is 9.78 Å². The Kier molecular flexibility index (Phi) is 6.42. The number of amides is 1. The van der Waals surface area contributed by atoms with Crippen molar-refractivity contribution in [2.24, 2.45) is 18.9 Å². The lowest BCUT2D eigenvalue weighted by Gasteiger charge is -2.25. The van der Waals surface area contributed by atoms with Gasteiger partial charge in [0.2, 0.25) is 0 Å². The zero-order valence-corrected chi connectivity index (χ0v) is 21.9. The van der Waals surface area contributed by atoms with Crippen molar-refractivity contribution in [2.45, 2.75) is 57.1 Å². The van der Waals surface area contributed by atoms with Gasteiger partial charge in [-0.25, -0.2) is 4.39 Å². The fraction of sp³-hybridized carbons (Fsp3) is 0.480. The maximum Gasteiger partial charge on any atom is 0.390 e. The predicted octanol–water partition coefficient (Wildman–Crippen LogP) is 4.52. The summed E-state index contributed by atoms with van der Waals surface area (Å²) in [6, 6.07) is 5.14. The number of nitrogen functional groups attached to an aromatic ring is 1. The summed E-state index contributed by atoms with van der Waals surface area (Å²) in [5.41, 5.74) is 6.65. The molecule has 2 aliphatic rings. The molecule has 1 aromatic carbocycles. The molecule has 0 aliphatic heterocycles. The Morgan fingerprint density at radius 1 is 1.29 bits per heavy atom. The van der Waals surface area contributed by atoms with Gasteiger partial charge in [-0.3, -0.25) is 9.48 Å². The molecule has 13 heteroatoms. The molecule has 3 aromatic rings. The fourth-order valence-corrected chi connectivity index (χ4v) is 6.33. The van der Waals surface area contributed by atoms with Crippen LogP contribution in [-0.2, 0) is 12.6 Å². The van der Waals surface area contributed by atoms with Gasteiger partial charge in [-0.15, -0.1) is 0 Å². The van der Waals surface area contributed by atoms with Crippen molar-refractivity contribution in [3.63, 3.8) is 0 Å². The largest absolute Gasteiger partial charge is 0.390 e. The normalized spacial score (nSPS) is 24.7. The predicted molar refractivity (Wildman–Crippen MR) is 138 cm³/mol. The van der Waals surface area contributed by atoms with Gasteiger partial charge in [0.25, 0.3) is 5.91 Å². The Morgan fingerprint density at radius 2 is 1.95 bits per heavy atom. The molecule has 5 rings (SSSR count). The summed E-state index contributed by atoms with van der Waals surface area (Å²) in [4.78, 5) is 24.0. The molecule has 0 radical (unpaired) electrons. The van der Waals surface area contributed by atoms with Crippen LogP contribution in [-0.4, -0.2) is 35.5 Å². The van der Waals surface area contributed by atoms with Gasteiger partial charge < -0.3 is 26.3 Å². The van der Waals surface area contributed by atoms with Gasteiger partial charge in [-0.1, -0.05) is 11.6 Å². The molecule has 0 saturated heterocycles. The van der Waals surface area contributed by atoms with E-state index < -0.39 is 22.2 Å². The lowest BCUT2D eigenvalue weighted by molar-refractivity contribution is -0.389.